The van der Waals surface area contributed by atoms with Crippen molar-refractivity contribution in [2.75, 3.05) is 6.54 Å². The van der Waals surface area contributed by atoms with Crippen LogP contribution in [0, 0.1) is 11.3 Å². The van der Waals surface area contributed by atoms with E-state index >= 15 is 0 Å². The Hall–Kier alpha value is -2.35. The molecule has 5 nitrogen and oxygen atoms in total. The van der Waals surface area contributed by atoms with Crippen molar-refractivity contribution in [1.29, 1.82) is 5.26 Å². The maximum absolute atomic E-state index is 11.3. The first-order valence-electron chi connectivity index (χ1n) is 4.78. The molecule has 80 valence electrons. The van der Waals surface area contributed by atoms with E-state index < -0.39 is 0 Å². The highest BCUT2D eigenvalue weighted by molar-refractivity contribution is 6.01. The number of urea groups is 1. The summed E-state index contributed by atoms with van der Waals surface area (Å²) in [5.41, 5.74) is 1.29. The molecular formula is C11H9N3O2. The number of nitriles is 1. The van der Waals surface area contributed by atoms with Gasteiger partial charge in [-0.25, -0.2) is 4.79 Å². The summed E-state index contributed by atoms with van der Waals surface area (Å²) in [4.78, 5) is 23.7. The van der Waals surface area contributed by atoms with E-state index in [9.17, 15) is 9.59 Å². The van der Waals surface area contributed by atoms with Crippen molar-refractivity contribution in [3.8, 4) is 6.07 Å². The molecule has 5 heteroatoms. The highest BCUT2D eigenvalue weighted by Gasteiger charge is 2.28. The molecule has 1 aromatic carbocycles. The highest BCUT2D eigenvalue weighted by Crippen LogP contribution is 2.10. The Labute approximate surface area is 92.3 Å². The first-order valence-corrected chi connectivity index (χ1v) is 4.78. The summed E-state index contributed by atoms with van der Waals surface area (Å²) in [6.45, 7) is 0.261. The van der Waals surface area contributed by atoms with Crippen LogP contribution in [0.5, 0.6) is 0 Å². The van der Waals surface area contributed by atoms with Crippen molar-refractivity contribution < 1.29 is 9.59 Å². The number of amides is 3. The van der Waals surface area contributed by atoms with E-state index in [2.05, 4.69) is 5.32 Å². The molecule has 1 saturated heterocycles. The lowest BCUT2D eigenvalue weighted by atomic mass is 10.1. The normalized spacial score (nSPS) is 14.8. The second-order valence-electron chi connectivity index (χ2n) is 3.45. The van der Waals surface area contributed by atoms with Gasteiger partial charge < -0.3 is 5.32 Å². The van der Waals surface area contributed by atoms with Crippen LogP contribution in [0.3, 0.4) is 0 Å². The van der Waals surface area contributed by atoms with Crippen LogP contribution in [0.15, 0.2) is 24.3 Å². The molecule has 0 atom stereocenters. The molecule has 0 radical (unpaired) electrons. The van der Waals surface area contributed by atoms with Crippen LogP contribution in [0.2, 0.25) is 0 Å². The zero-order valence-corrected chi connectivity index (χ0v) is 8.43. The Morgan fingerprint density at radius 3 is 2.88 bits per heavy atom. The molecule has 16 heavy (non-hydrogen) atoms. The quantitative estimate of drug-likeness (QED) is 0.734. The van der Waals surface area contributed by atoms with E-state index in [0.717, 1.165) is 10.5 Å². The van der Waals surface area contributed by atoms with Gasteiger partial charge >= 0.3 is 6.03 Å². The second-order valence-corrected chi connectivity index (χ2v) is 3.45. The topological polar surface area (TPSA) is 73.2 Å². The van der Waals surface area contributed by atoms with Crippen molar-refractivity contribution in [2.45, 2.75) is 6.54 Å². The number of carbonyl (C=O) groups is 2. The molecule has 1 aromatic rings. The summed E-state index contributed by atoms with van der Waals surface area (Å²) in [6, 6.07) is 8.48. The Balaban J connectivity index is 2.18. The van der Waals surface area contributed by atoms with Gasteiger partial charge in [0.1, 0.15) is 0 Å². The first kappa shape index (κ1) is 10.2. The van der Waals surface area contributed by atoms with E-state index in [4.69, 9.17) is 5.26 Å². The smallest absolute Gasteiger partial charge is 0.324 e. The fourth-order valence-electron chi connectivity index (χ4n) is 1.54. The summed E-state index contributed by atoms with van der Waals surface area (Å²) >= 11 is 0. The van der Waals surface area contributed by atoms with E-state index in [1.54, 1.807) is 24.3 Å². The lowest BCUT2D eigenvalue weighted by molar-refractivity contribution is -0.125. The molecule has 1 heterocycles. The highest BCUT2D eigenvalue weighted by atomic mass is 16.2. The molecule has 0 saturated carbocycles. The summed E-state index contributed by atoms with van der Waals surface area (Å²) in [5.74, 6) is -0.243. The molecule has 1 N–H and O–H groups in total. The minimum atomic E-state index is -0.382. The van der Waals surface area contributed by atoms with Crippen LogP contribution in [-0.4, -0.2) is 23.4 Å². The molecule has 0 aromatic heterocycles. The van der Waals surface area contributed by atoms with E-state index in [-0.39, 0.29) is 25.0 Å². The average molecular weight is 215 g/mol. The zero-order chi connectivity index (χ0) is 11.5. The van der Waals surface area contributed by atoms with E-state index in [1.165, 1.54) is 0 Å². The summed E-state index contributed by atoms with van der Waals surface area (Å²) in [5, 5.41) is 11.2. The van der Waals surface area contributed by atoms with Crippen molar-refractivity contribution in [3.63, 3.8) is 0 Å². The average Bonchev–Trinajstić information content (AvgIpc) is 2.61. The van der Waals surface area contributed by atoms with Crippen molar-refractivity contribution in [3.05, 3.63) is 35.4 Å². The van der Waals surface area contributed by atoms with Gasteiger partial charge in [-0.3, -0.25) is 9.69 Å². The standard InChI is InChI=1S/C11H9N3O2/c12-5-8-2-1-3-9(4-8)7-14-10(15)6-13-11(14)16/h1-4H,6-7H2,(H,13,16). The minimum Gasteiger partial charge on any atom is -0.329 e. The van der Waals surface area contributed by atoms with Gasteiger partial charge in [0, 0.05) is 0 Å². The third-order valence-corrected chi connectivity index (χ3v) is 2.33. The van der Waals surface area contributed by atoms with Crippen LogP contribution < -0.4 is 5.32 Å². The number of rotatable bonds is 2. The Kier molecular flexibility index (Phi) is 2.56. The molecule has 3 amide bonds. The summed E-state index contributed by atoms with van der Waals surface area (Å²) in [7, 11) is 0. The van der Waals surface area contributed by atoms with Crippen LogP contribution in [-0.2, 0) is 11.3 Å². The molecule has 0 aliphatic carbocycles. The molecular weight excluding hydrogens is 206 g/mol. The fourth-order valence-corrected chi connectivity index (χ4v) is 1.54. The van der Waals surface area contributed by atoms with Gasteiger partial charge in [0.15, 0.2) is 0 Å². The zero-order valence-electron chi connectivity index (χ0n) is 8.43. The number of hydrogen-bond acceptors (Lipinski definition) is 3. The van der Waals surface area contributed by atoms with E-state index in [1.807, 2.05) is 6.07 Å². The van der Waals surface area contributed by atoms with Gasteiger partial charge in [-0.15, -0.1) is 0 Å². The van der Waals surface area contributed by atoms with Crippen molar-refractivity contribution in [2.24, 2.45) is 0 Å². The summed E-state index contributed by atoms with van der Waals surface area (Å²) < 4.78 is 0. The lowest BCUT2D eigenvalue weighted by Gasteiger charge is -2.12. The Morgan fingerprint density at radius 1 is 1.44 bits per heavy atom. The van der Waals surface area contributed by atoms with Crippen LogP contribution in [0.1, 0.15) is 11.1 Å². The van der Waals surface area contributed by atoms with Crippen molar-refractivity contribution in [1.82, 2.24) is 10.2 Å². The van der Waals surface area contributed by atoms with Gasteiger partial charge in [0.2, 0.25) is 5.91 Å². The predicted octanol–water partition coefficient (Wildman–Crippen LogP) is 0.610. The molecule has 2 rings (SSSR count). The molecule has 1 fully saturated rings. The molecule has 1 aliphatic heterocycles. The number of imide groups is 1. The molecule has 0 unspecified atom stereocenters. The minimum absolute atomic E-state index is 0.0524. The molecule has 0 bridgehead atoms. The Bertz CT molecular complexity index is 474. The number of carbonyl (C=O) groups excluding carboxylic acids is 2. The van der Waals surface area contributed by atoms with Gasteiger partial charge in [-0.2, -0.15) is 5.26 Å². The number of benzene rings is 1. The SMILES string of the molecule is N#Cc1cccc(CN2C(=O)CNC2=O)c1. The largest absolute Gasteiger partial charge is 0.329 e. The Morgan fingerprint density at radius 2 is 2.25 bits per heavy atom. The maximum atomic E-state index is 11.3. The molecule has 0 spiro atoms. The third kappa shape index (κ3) is 1.86. The number of nitrogens with one attached hydrogen (secondary N) is 1. The van der Waals surface area contributed by atoms with Crippen LogP contribution in [0.25, 0.3) is 0 Å². The van der Waals surface area contributed by atoms with Gasteiger partial charge in [-0.1, -0.05) is 12.1 Å². The third-order valence-electron chi connectivity index (χ3n) is 2.33. The fraction of sp³-hybridized carbons (Fsp3) is 0.182. The number of hydrogen-bond donors (Lipinski definition) is 1. The monoisotopic (exact) mass is 215 g/mol. The second kappa shape index (κ2) is 4.03. The number of nitrogens with zero attached hydrogens (tertiary/aromatic N) is 2. The van der Waals surface area contributed by atoms with Gasteiger partial charge in [0.25, 0.3) is 0 Å². The maximum Gasteiger partial charge on any atom is 0.324 e. The lowest BCUT2D eigenvalue weighted by Crippen LogP contribution is -2.30. The predicted molar refractivity (Wildman–Crippen MR) is 55.1 cm³/mol. The first-order chi connectivity index (χ1) is 7.70. The molecule has 1 aliphatic rings. The summed E-state index contributed by atoms with van der Waals surface area (Å²) in [6.07, 6.45) is 0. The van der Waals surface area contributed by atoms with Gasteiger partial charge in [-0.05, 0) is 17.7 Å². The van der Waals surface area contributed by atoms with Crippen molar-refractivity contribution >= 4 is 11.9 Å². The van der Waals surface area contributed by atoms with Crippen LogP contribution in [0.4, 0.5) is 4.79 Å². The van der Waals surface area contributed by atoms with Crippen LogP contribution >= 0.6 is 0 Å². The van der Waals surface area contributed by atoms with Gasteiger partial charge in [0.05, 0.1) is 24.7 Å². The van der Waals surface area contributed by atoms with E-state index in [0.29, 0.717) is 5.56 Å².